The maximum Gasteiger partial charge on any atom is 0.329 e. The number of ether oxygens (including phenoxy) is 1. The number of nitrogens with zero attached hydrogens (tertiary/aromatic N) is 1. The Balaban J connectivity index is 1.97. The quantitative estimate of drug-likeness (QED) is 0.313. The van der Waals surface area contributed by atoms with Gasteiger partial charge in [0, 0.05) is 18.9 Å². The summed E-state index contributed by atoms with van der Waals surface area (Å²) in [6.07, 6.45) is 4.86. The van der Waals surface area contributed by atoms with E-state index in [1.54, 1.807) is 4.90 Å². The molecule has 0 bridgehead atoms. The second-order valence-corrected chi connectivity index (χ2v) is 9.42. The molecule has 1 heterocycles. The van der Waals surface area contributed by atoms with Crippen LogP contribution in [0.4, 0.5) is 0 Å². The number of hydrogen-bond donors (Lipinski definition) is 1. The standard InChI is InChI=1S/C25H38N2O5/c1-5-6-8-14-20(17-22(28)26-31-18-19-12-9-7-10-13-19)23(29)27-16-11-15-21(27)24(30)32-25(2,3)4/h7,9-10,12-13,20-21H,5-6,8,11,14-18H2,1-4H3,(H,26,28)/t20-,21+/m1/s1. The topological polar surface area (TPSA) is 84.9 Å². The molecule has 7 nitrogen and oxygen atoms in total. The Hall–Kier alpha value is -2.41. The van der Waals surface area contributed by atoms with Crippen molar-refractivity contribution >= 4 is 17.8 Å². The van der Waals surface area contributed by atoms with E-state index < -0.39 is 17.6 Å². The van der Waals surface area contributed by atoms with Crippen molar-refractivity contribution in [3.05, 3.63) is 35.9 Å². The van der Waals surface area contributed by atoms with Crippen molar-refractivity contribution in [3.8, 4) is 0 Å². The maximum atomic E-state index is 13.3. The van der Waals surface area contributed by atoms with Crippen molar-refractivity contribution in [3.63, 3.8) is 0 Å². The summed E-state index contributed by atoms with van der Waals surface area (Å²) in [5, 5.41) is 0. The first-order chi connectivity index (χ1) is 15.2. The molecule has 1 aliphatic rings. The van der Waals surface area contributed by atoms with E-state index in [2.05, 4.69) is 12.4 Å². The number of carbonyl (C=O) groups is 3. The van der Waals surface area contributed by atoms with Gasteiger partial charge < -0.3 is 9.64 Å². The number of likely N-dealkylation sites (tertiary alicyclic amines) is 1. The van der Waals surface area contributed by atoms with Crippen LogP contribution in [0, 0.1) is 5.92 Å². The molecule has 178 valence electrons. The summed E-state index contributed by atoms with van der Waals surface area (Å²) in [5.41, 5.74) is 2.80. The van der Waals surface area contributed by atoms with Crippen LogP contribution in [0.1, 0.15) is 78.2 Å². The number of carbonyl (C=O) groups excluding carboxylic acids is 3. The van der Waals surface area contributed by atoms with Crippen molar-refractivity contribution in [2.24, 2.45) is 5.92 Å². The molecular formula is C25H38N2O5. The largest absolute Gasteiger partial charge is 0.458 e. The first kappa shape index (κ1) is 25.8. The monoisotopic (exact) mass is 446 g/mol. The van der Waals surface area contributed by atoms with Crippen LogP contribution in [-0.2, 0) is 30.6 Å². The van der Waals surface area contributed by atoms with E-state index in [9.17, 15) is 14.4 Å². The van der Waals surface area contributed by atoms with Gasteiger partial charge in [0.15, 0.2) is 0 Å². The lowest BCUT2D eigenvalue weighted by Crippen LogP contribution is -2.46. The highest BCUT2D eigenvalue weighted by Gasteiger charge is 2.39. The van der Waals surface area contributed by atoms with E-state index in [0.717, 1.165) is 31.2 Å². The minimum absolute atomic E-state index is 0.0366. The summed E-state index contributed by atoms with van der Waals surface area (Å²) in [7, 11) is 0. The number of hydroxylamine groups is 1. The van der Waals surface area contributed by atoms with Crippen LogP contribution in [0.25, 0.3) is 0 Å². The number of rotatable bonds is 11. The summed E-state index contributed by atoms with van der Waals surface area (Å²) in [6.45, 7) is 8.32. The van der Waals surface area contributed by atoms with Crippen molar-refractivity contribution in [2.45, 2.75) is 90.9 Å². The Kier molecular flexibility index (Phi) is 10.2. The van der Waals surface area contributed by atoms with Crippen molar-refractivity contribution in [2.75, 3.05) is 6.54 Å². The second kappa shape index (κ2) is 12.6. The molecule has 2 rings (SSSR count). The van der Waals surface area contributed by atoms with Crippen molar-refractivity contribution in [1.29, 1.82) is 0 Å². The molecule has 0 saturated carbocycles. The number of nitrogens with one attached hydrogen (secondary N) is 1. The predicted molar refractivity (Wildman–Crippen MR) is 122 cm³/mol. The van der Waals surface area contributed by atoms with Gasteiger partial charge in [0.05, 0.1) is 6.61 Å². The van der Waals surface area contributed by atoms with Gasteiger partial charge in [0.25, 0.3) is 0 Å². The molecule has 0 aliphatic carbocycles. The van der Waals surface area contributed by atoms with E-state index in [1.165, 1.54) is 0 Å². The molecule has 7 heteroatoms. The fourth-order valence-electron chi connectivity index (χ4n) is 3.87. The number of benzene rings is 1. The lowest BCUT2D eigenvalue weighted by atomic mass is 9.95. The third-order valence-corrected chi connectivity index (χ3v) is 5.42. The molecule has 2 atom stereocenters. The van der Waals surface area contributed by atoms with E-state index in [-0.39, 0.29) is 30.8 Å². The zero-order valence-electron chi connectivity index (χ0n) is 19.9. The van der Waals surface area contributed by atoms with Crippen molar-refractivity contribution in [1.82, 2.24) is 10.4 Å². The number of esters is 1. The van der Waals surface area contributed by atoms with Crippen LogP contribution in [0.3, 0.4) is 0 Å². The molecule has 0 radical (unpaired) electrons. The maximum absolute atomic E-state index is 13.3. The Labute approximate surface area is 191 Å². The van der Waals surface area contributed by atoms with Gasteiger partial charge in [-0.3, -0.25) is 14.4 Å². The molecule has 0 aromatic heterocycles. The molecular weight excluding hydrogens is 408 g/mol. The molecule has 1 fully saturated rings. The van der Waals surface area contributed by atoms with E-state index in [1.807, 2.05) is 51.1 Å². The minimum Gasteiger partial charge on any atom is -0.458 e. The van der Waals surface area contributed by atoms with Gasteiger partial charge in [-0.2, -0.15) is 0 Å². The highest BCUT2D eigenvalue weighted by Crippen LogP contribution is 2.26. The highest BCUT2D eigenvalue weighted by atomic mass is 16.6. The fourth-order valence-corrected chi connectivity index (χ4v) is 3.87. The summed E-state index contributed by atoms with van der Waals surface area (Å²) in [5.74, 6) is -1.33. The van der Waals surface area contributed by atoms with E-state index in [0.29, 0.717) is 19.4 Å². The van der Waals surface area contributed by atoms with E-state index >= 15 is 0 Å². The third-order valence-electron chi connectivity index (χ3n) is 5.42. The summed E-state index contributed by atoms with van der Waals surface area (Å²) in [6, 6.07) is 8.96. The lowest BCUT2D eigenvalue weighted by molar-refractivity contribution is -0.164. The zero-order chi connectivity index (χ0) is 23.6. The second-order valence-electron chi connectivity index (χ2n) is 9.42. The van der Waals surface area contributed by atoms with E-state index in [4.69, 9.17) is 9.57 Å². The van der Waals surface area contributed by atoms with Crippen LogP contribution in [-0.4, -0.2) is 40.9 Å². The fraction of sp³-hybridized carbons (Fsp3) is 0.640. The number of amides is 2. The Morgan fingerprint density at radius 1 is 1.16 bits per heavy atom. The van der Waals surface area contributed by atoms with Gasteiger partial charge in [0.1, 0.15) is 11.6 Å². The predicted octanol–water partition coefficient (Wildman–Crippen LogP) is 4.15. The van der Waals surface area contributed by atoms with Crippen LogP contribution in [0.5, 0.6) is 0 Å². The van der Waals surface area contributed by atoms with Crippen LogP contribution in [0.15, 0.2) is 30.3 Å². The van der Waals surface area contributed by atoms with Gasteiger partial charge in [0.2, 0.25) is 11.8 Å². The first-order valence-electron chi connectivity index (χ1n) is 11.7. The molecule has 1 N–H and O–H groups in total. The van der Waals surface area contributed by atoms with Gasteiger partial charge >= 0.3 is 5.97 Å². The van der Waals surface area contributed by atoms with Gasteiger partial charge in [-0.15, -0.1) is 0 Å². The minimum atomic E-state index is -0.606. The van der Waals surface area contributed by atoms with Crippen molar-refractivity contribution < 1.29 is 24.0 Å². The lowest BCUT2D eigenvalue weighted by Gasteiger charge is -2.30. The van der Waals surface area contributed by atoms with Crippen LogP contribution < -0.4 is 5.48 Å². The molecule has 0 spiro atoms. The summed E-state index contributed by atoms with van der Waals surface area (Å²) >= 11 is 0. The molecule has 1 aliphatic heterocycles. The Bertz CT molecular complexity index is 744. The molecule has 32 heavy (non-hydrogen) atoms. The first-order valence-corrected chi connectivity index (χ1v) is 11.7. The van der Waals surface area contributed by atoms with Gasteiger partial charge in [-0.05, 0) is 45.6 Å². The zero-order valence-corrected chi connectivity index (χ0v) is 19.9. The van der Waals surface area contributed by atoms with Crippen LogP contribution in [0.2, 0.25) is 0 Å². The average Bonchev–Trinajstić information content (AvgIpc) is 3.22. The molecule has 1 aromatic carbocycles. The normalized spacial score (nSPS) is 17.1. The molecule has 2 amide bonds. The smallest absolute Gasteiger partial charge is 0.329 e. The SMILES string of the molecule is CCCCC[C@H](CC(=O)NOCc1ccccc1)C(=O)N1CCC[C@H]1C(=O)OC(C)(C)C. The molecule has 1 saturated heterocycles. The Morgan fingerprint density at radius 2 is 1.88 bits per heavy atom. The van der Waals surface area contributed by atoms with Gasteiger partial charge in [-0.25, -0.2) is 10.3 Å². The highest BCUT2D eigenvalue weighted by molar-refractivity contribution is 5.89. The Morgan fingerprint density at radius 3 is 2.53 bits per heavy atom. The summed E-state index contributed by atoms with van der Waals surface area (Å²) in [4.78, 5) is 45.4. The van der Waals surface area contributed by atoms with Gasteiger partial charge in [-0.1, -0.05) is 56.5 Å². The number of unbranched alkanes of at least 4 members (excludes halogenated alkanes) is 2. The number of hydrogen-bond acceptors (Lipinski definition) is 5. The molecule has 0 unspecified atom stereocenters. The van der Waals surface area contributed by atoms with Crippen LogP contribution >= 0.6 is 0 Å². The molecule has 1 aromatic rings. The third kappa shape index (κ3) is 8.61. The average molecular weight is 447 g/mol. The summed E-state index contributed by atoms with van der Waals surface area (Å²) < 4.78 is 5.52.